The van der Waals surface area contributed by atoms with Crippen molar-refractivity contribution in [2.75, 3.05) is 13.2 Å². The molecule has 0 spiro atoms. The van der Waals surface area contributed by atoms with Crippen LogP contribution in [0.2, 0.25) is 0 Å². The normalized spacial score (nSPS) is 13.4. The van der Waals surface area contributed by atoms with Gasteiger partial charge in [0, 0.05) is 23.9 Å². The molecule has 0 radical (unpaired) electrons. The average Bonchev–Trinajstić information content (AvgIpc) is 2.82. The second kappa shape index (κ2) is 5.87. The number of aliphatic hydroxyl groups is 1. The largest absolute Gasteiger partial charge is 0.396 e. The van der Waals surface area contributed by atoms with Crippen molar-refractivity contribution in [3.8, 4) is 0 Å². The van der Waals surface area contributed by atoms with Crippen LogP contribution in [0.4, 0.5) is 0 Å². The molecule has 0 aliphatic rings. The van der Waals surface area contributed by atoms with Gasteiger partial charge in [-0.25, -0.2) is 0 Å². The standard InChI is InChI=1S/C13H22N2O2/c1-4-10(8-16)12(17)15-9-13(2,3)11-6-5-7-14-11/h5-7,10,14,16H,4,8-9H2,1-3H3,(H,15,17). The van der Waals surface area contributed by atoms with Crippen LogP contribution in [-0.2, 0) is 10.2 Å². The van der Waals surface area contributed by atoms with Gasteiger partial charge < -0.3 is 15.4 Å². The van der Waals surface area contributed by atoms with E-state index in [1.807, 2.05) is 25.3 Å². The smallest absolute Gasteiger partial charge is 0.225 e. The number of aromatic amines is 1. The van der Waals surface area contributed by atoms with E-state index in [-0.39, 0.29) is 23.8 Å². The molecule has 1 amide bonds. The lowest BCUT2D eigenvalue weighted by Crippen LogP contribution is -2.40. The second-order valence-electron chi connectivity index (χ2n) is 4.97. The Morgan fingerprint density at radius 1 is 1.59 bits per heavy atom. The zero-order chi connectivity index (χ0) is 12.9. The third-order valence-electron chi connectivity index (χ3n) is 3.12. The lowest BCUT2D eigenvalue weighted by atomic mass is 9.89. The van der Waals surface area contributed by atoms with Crippen LogP contribution in [-0.4, -0.2) is 29.1 Å². The van der Waals surface area contributed by atoms with E-state index in [2.05, 4.69) is 24.1 Å². The molecule has 0 aromatic carbocycles. The molecule has 0 fully saturated rings. The Balaban J connectivity index is 2.53. The van der Waals surface area contributed by atoms with E-state index in [4.69, 9.17) is 5.11 Å². The summed E-state index contributed by atoms with van der Waals surface area (Å²) in [5.41, 5.74) is 0.960. The average molecular weight is 238 g/mol. The Labute approximate surface area is 102 Å². The van der Waals surface area contributed by atoms with Gasteiger partial charge in [-0.05, 0) is 18.6 Å². The molecule has 1 aromatic rings. The van der Waals surface area contributed by atoms with E-state index in [0.717, 1.165) is 5.69 Å². The first-order valence-electron chi connectivity index (χ1n) is 6.03. The van der Waals surface area contributed by atoms with Crippen LogP contribution in [0.3, 0.4) is 0 Å². The van der Waals surface area contributed by atoms with Crippen LogP contribution in [0.5, 0.6) is 0 Å². The lowest BCUT2D eigenvalue weighted by Gasteiger charge is -2.25. The molecule has 4 heteroatoms. The van der Waals surface area contributed by atoms with Gasteiger partial charge in [-0.1, -0.05) is 20.8 Å². The minimum absolute atomic E-state index is 0.0744. The Bertz CT molecular complexity index is 340. The van der Waals surface area contributed by atoms with Crippen LogP contribution < -0.4 is 5.32 Å². The van der Waals surface area contributed by atoms with Crippen molar-refractivity contribution in [2.45, 2.75) is 32.6 Å². The number of aromatic nitrogens is 1. The fraction of sp³-hybridized carbons (Fsp3) is 0.615. The maximum absolute atomic E-state index is 11.7. The summed E-state index contributed by atoms with van der Waals surface area (Å²) >= 11 is 0. The number of rotatable bonds is 6. The zero-order valence-electron chi connectivity index (χ0n) is 10.8. The molecule has 1 unspecified atom stereocenters. The minimum Gasteiger partial charge on any atom is -0.396 e. The van der Waals surface area contributed by atoms with Gasteiger partial charge in [0.2, 0.25) is 5.91 Å². The molecule has 0 bridgehead atoms. The number of hydrogen-bond acceptors (Lipinski definition) is 2. The van der Waals surface area contributed by atoms with Crippen LogP contribution in [0.15, 0.2) is 18.3 Å². The Kier molecular flexibility index (Phi) is 4.75. The molecule has 1 rings (SSSR count). The van der Waals surface area contributed by atoms with E-state index in [0.29, 0.717) is 13.0 Å². The van der Waals surface area contributed by atoms with Gasteiger partial charge in [0.05, 0.1) is 12.5 Å². The molecule has 17 heavy (non-hydrogen) atoms. The Morgan fingerprint density at radius 2 is 2.29 bits per heavy atom. The Hall–Kier alpha value is -1.29. The first kappa shape index (κ1) is 13.8. The van der Waals surface area contributed by atoms with E-state index >= 15 is 0 Å². The van der Waals surface area contributed by atoms with Crippen LogP contribution >= 0.6 is 0 Å². The monoisotopic (exact) mass is 238 g/mol. The molecule has 1 atom stereocenters. The summed E-state index contributed by atoms with van der Waals surface area (Å²) in [6.45, 7) is 6.50. The highest BCUT2D eigenvalue weighted by Crippen LogP contribution is 2.20. The summed E-state index contributed by atoms with van der Waals surface area (Å²) in [6.07, 6.45) is 2.53. The lowest BCUT2D eigenvalue weighted by molar-refractivity contribution is -0.126. The quantitative estimate of drug-likeness (QED) is 0.702. The minimum atomic E-state index is -0.297. The summed E-state index contributed by atoms with van der Waals surface area (Å²) < 4.78 is 0. The third kappa shape index (κ3) is 3.60. The van der Waals surface area contributed by atoms with E-state index in [1.54, 1.807) is 0 Å². The summed E-state index contributed by atoms with van der Waals surface area (Å²) in [5, 5.41) is 11.9. The fourth-order valence-electron chi connectivity index (χ4n) is 1.70. The van der Waals surface area contributed by atoms with E-state index in [9.17, 15) is 4.79 Å². The topological polar surface area (TPSA) is 65.1 Å². The first-order chi connectivity index (χ1) is 8.01. The molecule has 0 aliphatic heterocycles. The molecule has 0 saturated carbocycles. The van der Waals surface area contributed by atoms with Gasteiger partial charge in [-0.15, -0.1) is 0 Å². The number of amides is 1. The SMILES string of the molecule is CCC(CO)C(=O)NCC(C)(C)c1ccc[nH]1. The van der Waals surface area contributed by atoms with Crippen molar-refractivity contribution in [1.29, 1.82) is 0 Å². The fourth-order valence-corrected chi connectivity index (χ4v) is 1.70. The van der Waals surface area contributed by atoms with Gasteiger partial charge in [-0.2, -0.15) is 0 Å². The van der Waals surface area contributed by atoms with Crippen molar-refractivity contribution in [2.24, 2.45) is 5.92 Å². The third-order valence-corrected chi connectivity index (χ3v) is 3.12. The van der Waals surface area contributed by atoms with Crippen LogP contribution in [0.1, 0.15) is 32.9 Å². The molecular weight excluding hydrogens is 216 g/mol. The molecule has 0 saturated heterocycles. The molecule has 96 valence electrons. The van der Waals surface area contributed by atoms with Crippen molar-refractivity contribution in [3.63, 3.8) is 0 Å². The summed E-state index contributed by atoms with van der Waals surface area (Å²) in [5.74, 6) is -0.371. The molecule has 1 heterocycles. The predicted octanol–water partition coefficient (Wildman–Crippen LogP) is 1.43. The highest BCUT2D eigenvalue weighted by atomic mass is 16.3. The number of carbonyl (C=O) groups excluding carboxylic acids is 1. The predicted molar refractivity (Wildman–Crippen MR) is 67.7 cm³/mol. The van der Waals surface area contributed by atoms with Crippen molar-refractivity contribution < 1.29 is 9.90 Å². The number of carbonyl (C=O) groups is 1. The molecular formula is C13H22N2O2. The van der Waals surface area contributed by atoms with Crippen molar-refractivity contribution >= 4 is 5.91 Å². The number of nitrogens with one attached hydrogen (secondary N) is 2. The highest BCUT2D eigenvalue weighted by Gasteiger charge is 2.24. The van der Waals surface area contributed by atoms with Gasteiger partial charge in [-0.3, -0.25) is 4.79 Å². The van der Waals surface area contributed by atoms with Crippen molar-refractivity contribution in [3.05, 3.63) is 24.0 Å². The summed E-state index contributed by atoms with van der Waals surface area (Å²) in [7, 11) is 0. The highest BCUT2D eigenvalue weighted by molar-refractivity contribution is 5.78. The number of H-pyrrole nitrogens is 1. The molecule has 1 aromatic heterocycles. The van der Waals surface area contributed by atoms with E-state index < -0.39 is 0 Å². The number of hydrogen-bond donors (Lipinski definition) is 3. The van der Waals surface area contributed by atoms with Gasteiger partial charge in [0.1, 0.15) is 0 Å². The van der Waals surface area contributed by atoms with Crippen molar-refractivity contribution in [1.82, 2.24) is 10.3 Å². The molecule has 4 nitrogen and oxygen atoms in total. The van der Waals surface area contributed by atoms with Gasteiger partial charge >= 0.3 is 0 Å². The van der Waals surface area contributed by atoms with Crippen LogP contribution in [0, 0.1) is 5.92 Å². The zero-order valence-corrected chi connectivity index (χ0v) is 10.8. The van der Waals surface area contributed by atoms with Gasteiger partial charge in [0.25, 0.3) is 0 Å². The van der Waals surface area contributed by atoms with Crippen LogP contribution in [0.25, 0.3) is 0 Å². The van der Waals surface area contributed by atoms with Gasteiger partial charge in [0.15, 0.2) is 0 Å². The maximum Gasteiger partial charge on any atom is 0.225 e. The number of aliphatic hydroxyl groups excluding tert-OH is 1. The maximum atomic E-state index is 11.7. The second-order valence-corrected chi connectivity index (χ2v) is 4.97. The Morgan fingerprint density at radius 3 is 2.76 bits per heavy atom. The summed E-state index contributed by atoms with van der Waals surface area (Å²) in [6, 6.07) is 3.96. The molecule has 3 N–H and O–H groups in total. The molecule has 0 aliphatic carbocycles. The summed E-state index contributed by atoms with van der Waals surface area (Å²) in [4.78, 5) is 14.9. The first-order valence-corrected chi connectivity index (χ1v) is 6.03. The van der Waals surface area contributed by atoms with E-state index in [1.165, 1.54) is 0 Å².